The molecule has 20 heavy (non-hydrogen) atoms. The van der Waals surface area contributed by atoms with Crippen LogP contribution in [0.1, 0.15) is 17.3 Å². The van der Waals surface area contributed by atoms with Crippen LogP contribution in [0.15, 0.2) is 42.6 Å². The van der Waals surface area contributed by atoms with Gasteiger partial charge in [0, 0.05) is 19.8 Å². The van der Waals surface area contributed by atoms with Gasteiger partial charge in [-0.25, -0.2) is 0 Å². The summed E-state index contributed by atoms with van der Waals surface area (Å²) in [5, 5.41) is 4.12. The molecule has 2 rings (SSSR count). The fourth-order valence-electron chi connectivity index (χ4n) is 2.22. The summed E-state index contributed by atoms with van der Waals surface area (Å²) in [7, 11) is 3.20. The maximum absolute atomic E-state index is 13.3. The number of aromatic nitrogens is 2. The second-order valence-corrected chi connectivity index (χ2v) is 4.75. The highest BCUT2D eigenvalue weighted by molar-refractivity contribution is 5.20. The standard InChI is InChI=1S/C14H16F3N3/c1-19(10-12-8-9-20(2)18-12)13(14(15,16)17)11-6-4-3-5-7-11/h3-9,13H,10H2,1-2H3/t13-/m0/s1. The smallest absolute Gasteiger partial charge is 0.286 e. The van der Waals surface area contributed by atoms with Gasteiger partial charge in [-0.05, 0) is 18.7 Å². The normalized spacial score (nSPS) is 13.7. The molecule has 1 aromatic heterocycles. The molecule has 3 nitrogen and oxygen atoms in total. The number of hydrogen-bond acceptors (Lipinski definition) is 2. The van der Waals surface area contributed by atoms with E-state index in [2.05, 4.69) is 5.10 Å². The van der Waals surface area contributed by atoms with Crippen molar-refractivity contribution in [1.29, 1.82) is 0 Å². The number of rotatable bonds is 4. The van der Waals surface area contributed by atoms with Crippen molar-refractivity contribution in [3.05, 3.63) is 53.9 Å². The first-order valence-corrected chi connectivity index (χ1v) is 6.18. The van der Waals surface area contributed by atoms with Gasteiger partial charge in [-0.2, -0.15) is 18.3 Å². The minimum absolute atomic E-state index is 0.139. The van der Waals surface area contributed by atoms with E-state index in [1.807, 2.05) is 0 Å². The minimum Gasteiger partial charge on any atom is -0.286 e. The molecule has 0 bridgehead atoms. The molecule has 0 aliphatic heterocycles. The Balaban J connectivity index is 2.23. The van der Waals surface area contributed by atoms with Crippen LogP contribution in [0, 0.1) is 0 Å². The quantitative estimate of drug-likeness (QED) is 0.859. The molecule has 0 aliphatic rings. The summed E-state index contributed by atoms with van der Waals surface area (Å²) in [4.78, 5) is 1.26. The summed E-state index contributed by atoms with van der Waals surface area (Å²) >= 11 is 0. The molecule has 0 radical (unpaired) electrons. The van der Waals surface area contributed by atoms with Crippen LogP contribution in [-0.4, -0.2) is 27.9 Å². The maximum Gasteiger partial charge on any atom is 0.408 e. The first kappa shape index (κ1) is 14.6. The Bertz CT molecular complexity index is 548. The van der Waals surface area contributed by atoms with Crippen molar-refractivity contribution >= 4 is 0 Å². The lowest BCUT2D eigenvalue weighted by Crippen LogP contribution is -2.35. The summed E-state index contributed by atoms with van der Waals surface area (Å²) < 4.78 is 41.5. The first-order chi connectivity index (χ1) is 9.38. The molecule has 1 atom stereocenters. The summed E-state index contributed by atoms with van der Waals surface area (Å²) in [6.07, 6.45) is -2.61. The highest BCUT2D eigenvalue weighted by Crippen LogP contribution is 2.37. The highest BCUT2D eigenvalue weighted by atomic mass is 19.4. The number of halogens is 3. The molecular formula is C14H16F3N3. The topological polar surface area (TPSA) is 21.1 Å². The molecule has 1 heterocycles. The molecular weight excluding hydrogens is 267 g/mol. The molecule has 0 spiro atoms. The predicted octanol–water partition coefficient (Wildman–Crippen LogP) is 3.16. The summed E-state index contributed by atoms with van der Waals surface area (Å²) in [5.41, 5.74) is 0.846. The van der Waals surface area contributed by atoms with E-state index in [1.165, 1.54) is 24.1 Å². The van der Waals surface area contributed by atoms with Gasteiger partial charge in [0.1, 0.15) is 6.04 Å². The second kappa shape index (κ2) is 5.66. The minimum atomic E-state index is -4.33. The Morgan fingerprint density at radius 3 is 2.35 bits per heavy atom. The van der Waals surface area contributed by atoms with Crippen molar-refractivity contribution in [2.75, 3.05) is 7.05 Å². The third-order valence-corrected chi connectivity index (χ3v) is 3.05. The maximum atomic E-state index is 13.3. The molecule has 0 amide bonds. The van der Waals surface area contributed by atoms with Gasteiger partial charge in [-0.15, -0.1) is 0 Å². The molecule has 0 N–H and O–H groups in total. The van der Waals surface area contributed by atoms with E-state index in [9.17, 15) is 13.2 Å². The van der Waals surface area contributed by atoms with Crippen LogP contribution in [0.2, 0.25) is 0 Å². The summed E-state index contributed by atoms with van der Waals surface area (Å²) in [5.74, 6) is 0. The van der Waals surface area contributed by atoms with Crippen molar-refractivity contribution in [3.63, 3.8) is 0 Å². The van der Waals surface area contributed by atoms with Crippen molar-refractivity contribution in [3.8, 4) is 0 Å². The number of alkyl halides is 3. The van der Waals surface area contributed by atoms with E-state index in [1.54, 1.807) is 42.2 Å². The first-order valence-electron chi connectivity index (χ1n) is 6.18. The molecule has 0 fully saturated rings. The van der Waals surface area contributed by atoms with Gasteiger partial charge in [-0.3, -0.25) is 9.58 Å². The van der Waals surface area contributed by atoms with Crippen LogP contribution in [0.5, 0.6) is 0 Å². The zero-order chi connectivity index (χ0) is 14.8. The van der Waals surface area contributed by atoms with E-state index >= 15 is 0 Å². The van der Waals surface area contributed by atoms with Crippen molar-refractivity contribution < 1.29 is 13.2 Å². The lowest BCUT2D eigenvalue weighted by molar-refractivity contribution is -0.184. The van der Waals surface area contributed by atoms with E-state index in [0.717, 1.165) is 0 Å². The molecule has 0 saturated carbocycles. The van der Waals surface area contributed by atoms with Crippen LogP contribution in [-0.2, 0) is 13.6 Å². The van der Waals surface area contributed by atoms with Crippen LogP contribution >= 0.6 is 0 Å². The summed E-state index contributed by atoms with van der Waals surface area (Å²) in [6.45, 7) is 0.139. The Kier molecular flexibility index (Phi) is 4.13. The molecule has 2 aromatic rings. The predicted molar refractivity (Wildman–Crippen MR) is 69.9 cm³/mol. The Morgan fingerprint density at radius 2 is 1.85 bits per heavy atom. The molecule has 1 aromatic carbocycles. The second-order valence-electron chi connectivity index (χ2n) is 4.75. The summed E-state index contributed by atoms with van der Waals surface area (Å²) in [6, 6.07) is 8.00. The van der Waals surface area contributed by atoms with Gasteiger partial charge >= 0.3 is 6.18 Å². The zero-order valence-corrected chi connectivity index (χ0v) is 11.3. The fourth-order valence-corrected chi connectivity index (χ4v) is 2.22. The SMILES string of the molecule is CN(Cc1ccn(C)n1)[C@@H](c1ccccc1)C(F)(F)F. The number of nitrogens with zero attached hydrogens (tertiary/aromatic N) is 3. The number of hydrogen-bond donors (Lipinski definition) is 0. The van der Waals surface area contributed by atoms with E-state index in [0.29, 0.717) is 5.69 Å². The van der Waals surface area contributed by atoms with Gasteiger partial charge in [0.25, 0.3) is 0 Å². The van der Waals surface area contributed by atoms with Crippen LogP contribution in [0.25, 0.3) is 0 Å². The van der Waals surface area contributed by atoms with E-state index in [4.69, 9.17) is 0 Å². The van der Waals surface area contributed by atoms with E-state index < -0.39 is 12.2 Å². The van der Waals surface area contributed by atoms with Gasteiger partial charge in [0.2, 0.25) is 0 Å². The number of benzene rings is 1. The van der Waals surface area contributed by atoms with Gasteiger partial charge in [-0.1, -0.05) is 30.3 Å². The Labute approximate surface area is 115 Å². The average molecular weight is 283 g/mol. The van der Waals surface area contributed by atoms with Crippen LogP contribution in [0.4, 0.5) is 13.2 Å². The molecule has 0 unspecified atom stereocenters. The van der Waals surface area contributed by atoms with Gasteiger partial charge in [0.15, 0.2) is 0 Å². The average Bonchev–Trinajstić information content (AvgIpc) is 2.74. The fraction of sp³-hybridized carbons (Fsp3) is 0.357. The largest absolute Gasteiger partial charge is 0.408 e. The van der Waals surface area contributed by atoms with Gasteiger partial charge in [0.05, 0.1) is 5.69 Å². The highest BCUT2D eigenvalue weighted by Gasteiger charge is 2.43. The van der Waals surface area contributed by atoms with E-state index in [-0.39, 0.29) is 12.1 Å². The molecule has 6 heteroatoms. The lowest BCUT2D eigenvalue weighted by atomic mass is 10.1. The third-order valence-electron chi connectivity index (χ3n) is 3.05. The van der Waals surface area contributed by atoms with Crippen molar-refractivity contribution in [1.82, 2.24) is 14.7 Å². The monoisotopic (exact) mass is 283 g/mol. The molecule has 0 aliphatic carbocycles. The van der Waals surface area contributed by atoms with Crippen LogP contribution < -0.4 is 0 Å². The van der Waals surface area contributed by atoms with Crippen molar-refractivity contribution in [2.45, 2.75) is 18.8 Å². The lowest BCUT2D eigenvalue weighted by Gasteiger charge is -2.29. The Morgan fingerprint density at radius 1 is 1.20 bits per heavy atom. The zero-order valence-electron chi connectivity index (χ0n) is 11.3. The van der Waals surface area contributed by atoms with Gasteiger partial charge < -0.3 is 0 Å². The molecule has 0 saturated heterocycles. The number of aryl methyl sites for hydroxylation is 1. The van der Waals surface area contributed by atoms with Crippen molar-refractivity contribution in [2.24, 2.45) is 7.05 Å². The molecule has 108 valence electrons. The Hall–Kier alpha value is -1.82. The third kappa shape index (κ3) is 3.39. The van der Waals surface area contributed by atoms with Crippen LogP contribution in [0.3, 0.4) is 0 Å².